The highest BCUT2D eigenvalue weighted by molar-refractivity contribution is 5.83. The van der Waals surface area contributed by atoms with Crippen LogP contribution in [0, 0.1) is 0 Å². The molecule has 30 heavy (non-hydrogen) atoms. The molecular formula is C27H39IN2. The van der Waals surface area contributed by atoms with Gasteiger partial charge in [-0.15, -0.1) is 0 Å². The van der Waals surface area contributed by atoms with E-state index in [1.54, 1.807) is 0 Å². The molecule has 0 bridgehead atoms. The molecule has 0 saturated heterocycles. The molecule has 1 aromatic heterocycles. The van der Waals surface area contributed by atoms with Gasteiger partial charge in [-0.2, -0.15) is 0 Å². The summed E-state index contributed by atoms with van der Waals surface area (Å²) in [6.45, 7) is 5.58. The predicted molar refractivity (Wildman–Crippen MR) is 126 cm³/mol. The molecule has 3 aromatic rings. The van der Waals surface area contributed by atoms with Gasteiger partial charge in [0.25, 0.3) is 0 Å². The topological polar surface area (TPSA) is 4.93 Å². The predicted octanol–water partition coefficient (Wildman–Crippen LogP) is 4.02. The van der Waals surface area contributed by atoms with Gasteiger partial charge in [-0.05, 0) is 24.5 Å². The second-order valence-corrected chi connectivity index (χ2v) is 9.22. The van der Waals surface area contributed by atoms with Crippen molar-refractivity contribution in [3.63, 3.8) is 0 Å². The smallest absolute Gasteiger partial charge is 0.106 e. The number of hydrogen-bond acceptors (Lipinski definition) is 0. The van der Waals surface area contributed by atoms with Crippen molar-refractivity contribution < 1.29 is 28.5 Å². The Balaban J connectivity index is 0.00000320. The number of fused-ring (bicyclic) bond motifs is 1. The first kappa shape index (κ1) is 24.9. The standard InChI is InChI=1S/C27H39N2.HI/c1-4-5-6-7-8-9-15-20-29(2,3)23-25-22-28(21-24-16-11-10-12-17-24)27-19-14-13-18-26(25)27;/h10-14,16-19,22H,4-9,15,20-21,23H2,1-3H3;1H/q+1;/p-1. The van der Waals surface area contributed by atoms with Crippen LogP contribution in [0.3, 0.4) is 0 Å². The molecule has 0 radical (unpaired) electrons. The van der Waals surface area contributed by atoms with E-state index in [1.165, 1.54) is 73.5 Å². The largest absolute Gasteiger partial charge is 1.00 e. The molecule has 1 heterocycles. The Morgan fingerprint density at radius 3 is 2.13 bits per heavy atom. The molecular weight excluding hydrogens is 479 g/mol. The molecule has 0 fully saturated rings. The highest BCUT2D eigenvalue weighted by atomic mass is 127. The van der Waals surface area contributed by atoms with Crippen molar-refractivity contribution in [1.82, 2.24) is 4.57 Å². The van der Waals surface area contributed by atoms with Crippen molar-refractivity contribution in [2.45, 2.75) is 65.0 Å². The summed E-state index contributed by atoms with van der Waals surface area (Å²) in [6.07, 6.45) is 12.1. The third-order valence-corrected chi connectivity index (χ3v) is 6.03. The van der Waals surface area contributed by atoms with Crippen molar-refractivity contribution in [1.29, 1.82) is 0 Å². The van der Waals surface area contributed by atoms with E-state index in [0.717, 1.165) is 17.6 Å². The normalized spacial score (nSPS) is 11.6. The van der Waals surface area contributed by atoms with E-state index in [2.05, 4.69) is 86.4 Å². The lowest BCUT2D eigenvalue weighted by atomic mass is 10.1. The molecule has 0 amide bonds. The lowest BCUT2D eigenvalue weighted by Gasteiger charge is -2.29. The minimum absolute atomic E-state index is 0. The molecule has 0 aliphatic heterocycles. The molecule has 164 valence electrons. The maximum atomic E-state index is 2.42. The second kappa shape index (κ2) is 12.5. The van der Waals surface area contributed by atoms with E-state index in [9.17, 15) is 0 Å². The molecule has 0 spiro atoms. The van der Waals surface area contributed by atoms with Crippen LogP contribution in [-0.4, -0.2) is 29.7 Å². The van der Waals surface area contributed by atoms with E-state index in [0.29, 0.717) is 0 Å². The minimum Gasteiger partial charge on any atom is -1.00 e. The Morgan fingerprint density at radius 1 is 0.767 bits per heavy atom. The second-order valence-electron chi connectivity index (χ2n) is 9.22. The van der Waals surface area contributed by atoms with E-state index in [1.807, 2.05) is 0 Å². The maximum Gasteiger partial charge on any atom is 0.106 e. The highest BCUT2D eigenvalue weighted by Crippen LogP contribution is 2.25. The highest BCUT2D eigenvalue weighted by Gasteiger charge is 2.19. The molecule has 0 unspecified atom stereocenters. The fourth-order valence-corrected chi connectivity index (χ4v) is 4.40. The summed E-state index contributed by atoms with van der Waals surface area (Å²) in [4.78, 5) is 0. The molecule has 0 aliphatic carbocycles. The Bertz CT molecular complexity index is 867. The average Bonchev–Trinajstić information content (AvgIpc) is 3.05. The van der Waals surface area contributed by atoms with Gasteiger partial charge < -0.3 is 33.0 Å². The fourth-order valence-electron chi connectivity index (χ4n) is 4.40. The first-order chi connectivity index (χ1) is 14.1. The van der Waals surface area contributed by atoms with Gasteiger partial charge in [0.1, 0.15) is 6.54 Å². The van der Waals surface area contributed by atoms with Crippen LogP contribution in [0.25, 0.3) is 10.9 Å². The number of halogens is 1. The van der Waals surface area contributed by atoms with Crippen LogP contribution in [0.15, 0.2) is 60.8 Å². The van der Waals surface area contributed by atoms with E-state index in [-0.39, 0.29) is 24.0 Å². The van der Waals surface area contributed by atoms with Crippen molar-refractivity contribution >= 4 is 10.9 Å². The monoisotopic (exact) mass is 518 g/mol. The van der Waals surface area contributed by atoms with Crippen molar-refractivity contribution in [2.75, 3.05) is 20.6 Å². The minimum atomic E-state index is 0. The maximum absolute atomic E-state index is 2.42. The lowest BCUT2D eigenvalue weighted by molar-refractivity contribution is -0.903. The van der Waals surface area contributed by atoms with E-state index in [4.69, 9.17) is 0 Å². The molecule has 2 aromatic carbocycles. The Labute approximate surface area is 200 Å². The summed E-state index contributed by atoms with van der Waals surface area (Å²) in [5.41, 5.74) is 4.18. The van der Waals surface area contributed by atoms with Gasteiger partial charge in [0.15, 0.2) is 0 Å². The molecule has 0 atom stereocenters. The Kier molecular flexibility index (Phi) is 10.4. The third-order valence-electron chi connectivity index (χ3n) is 6.03. The van der Waals surface area contributed by atoms with Gasteiger partial charge in [0.05, 0.1) is 20.6 Å². The number of para-hydroxylation sites is 1. The first-order valence-corrected chi connectivity index (χ1v) is 11.5. The summed E-state index contributed by atoms with van der Waals surface area (Å²) in [6, 6.07) is 19.7. The number of aromatic nitrogens is 1. The van der Waals surface area contributed by atoms with Gasteiger partial charge in [0.2, 0.25) is 0 Å². The van der Waals surface area contributed by atoms with Gasteiger partial charge in [0, 0.05) is 29.2 Å². The van der Waals surface area contributed by atoms with E-state index < -0.39 is 0 Å². The van der Waals surface area contributed by atoms with Crippen molar-refractivity contribution in [3.05, 3.63) is 71.9 Å². The first-order valence-electron chi connectivity index (χ1n) is 11.5. The SMILES string of the molecule is CCCCCCCCC[N+](C)(C)Cc1cn(Cc2ccccc2)c2ccccc12.[I-]. The zero-order chi connectivity index (χ0) is 20.5. The summed E-state index contributed by atoms with van der Waals surface area (Å²) >= 11 is 0. The third kappa shape index (κ3) is 7.42. The molecule has 0 aliphatic rings. The van der Waals surface area contributed by atoms with Gasteiger partial charge >= 0.3 is 0 Å². The fraction of sp³-hybridized carbons (Fsp3) is 0.481. The summed E-state index contributed by atoms with van der Waals surface area (Å²) in [7, 11) is 4.78. The zero-order valence-corrected chi connectivity index (χ0v) is 21.3. The summed E-state index contributed by atoms with van der Waals surface area (Å²) in [5.74, 6) is 0. The molecule has 3 rings (SSSR count). The average molecular weight is 519 g/mol. The summed E-state index contributed by atoms with van der Waals surface area (Å²) < 4.78 is 3.49. The van der Waals surface area contributed by atoms with Crippen LogP contribution in [0.5, 0.6) is 0 Å². The van der Waals surface area contributed by atoms with Crippen molar-refractivity contribution in [2.24, 2.45) is 0 Å². The van der Waals surface area contributed by atoms with Crippen LogP contribution in [0.2, 0.25) is 0 Å². The number of quaternary nitrogens is 1. The number of unbranched alkanes of at least 4 members (excludes halogenated alkanes) is 6. The van der Waals surface area contributed by atoms with Gasteiger partial charge in [-0.1, -0.05) is 87.6 Å². The Morgan fingerprint density at radius 2 is 1.40 bits per heavy atom. The number of benzene rings is 2. The molecule has 3 heteroatoms. The van der Waals surface area contributed by atoms with Gasteiger partial charge in [-0.25, -0.2) is 0 Å². The molecule has 0 N–H and O–H groups in total. The molecule has 0 saturated carbocycles. The van der Waals surface area contributed by atoms with Crippen LogP contribution < -0.4 is 24.0 Å². The van der Waals surface area contributed by atoms with Crippen LogP contribution >= 0.6 is 0 Å². The van der Waals surface area contributed by atoms with Crippen molar-refractivity contribution in [3.8, 4) is 0 Å². The quantitative estimate of drug-likeness (QED) is 0.194. The number of nitrogens with zero attached hydrogens (tertiary/aromatic N) is 2. The molecule has 2 nitrogen and oxygen atoms in total. The van der Waals surface area contributed by atoms with Gasteiger partial charge in [-0.3, -0.25) is 0 Å². The zero-order valence-electron chi connectivity index (χ0n) is 19.1. The van der Waals surface area contributed by atoms with E-state index >= 15 is 0 Å². The Hall–Kier alpha value is -1.33. The summed E-state index contributed by atoms with van der Waals surface area (Å²) in [5, 5.41) is 1.41. The van der Waals surface area contributed by atoms with Crippen LogP contribution in [0.1, 0.15) is 63.0 Å². The van der Waals surface area contributed by atoms with Crippen LogP contribution in [-0.2, 0) is 13.1 Å². The van der Waals surface area contributed by atoms with Crippen LogP contribution in [0.4, 0.5) is 0 Å². The number of hydrogen-bond donors (Lipinski definition) is 0. The lowest BCUT2D eigenvalue weighted by Crippen LogP contribution is -3.00. The number of rotatable bonds is 12.